The van der Waals surface area contributed by atoms with Gasteiger partial charge in [-0.15, -0.1) is 0 Å². The van der Waals surface area contributed by atoms with Gasteiger partial charge in [0.1, 0.15) is 17.2 Å². The molecule has 0 spiro atoms. The highest BCUT2D eigenvalue weighted by molar-refractivity contribution is 5.96. The highest BCUT2D eigenvalue weighted by Gasteiger charge is 2.21. The average Bonchev–Trinajstić information content (AvgIpc) is 2.39. The van der Waals surface area contributed by atoms with Crippen LogP contribution in [0.5, 0.6) is 0 Å². The minimum atomic E-state index is -0.900. The maximum Gasteiger partial charge on any atom is 0.271 e. The molecule has 2 aromatic rings. The van der Waals surface area contributed by atoms with E-state index in [1.807, 2.05) is 0 Å². The number of carbonyl (C=O) groups is 1. The summed E-state index contributed by atoms with van der Waals surface area (Å²) in [4.78, 5) is 23.8. The summed E-state index contributed by atoms with van der Waals surface area (Å²) in [6, 6.07) is 4.12. The molecule has 6 heteroatoms. The third kappa shape index (κ3) is 2.03. The standard InChI is InChI=1S/C14H10F2N2O2/c15-9-4-5-11(10(16)7-9)18-13(20)6-8-2-1-3-12(19)14(8)17-18/h4-7H,1-3H2. The number of hydrogen-bond donors (Lipinski definition) is 0. The fraction of sp³-hybridized carbons (Fsp3) is 0.214. The number of carbonyl (C=O) groups excluding carboxylic acids is 1. The van der Waals surface area contributed by atoms with Crippen molar-refractivity contribution in [3.63, 3.8) is 0 Å². The van der Waals surface area contributed by atoms with E-state index in [4.69, 9.17) is 0 Å². The van der Waals surface area contributed by atoms with Crippen LogP contribution in [0.4, 0.5) is 8.78 Å². The van der Waals surface area contributed by atoms with Crippen LogP contribution in [0, 0.1) is 11.6 Å². The highest BCUT2D eigenvalue weighted by atomic mass is 19.1. The molecule has 0 saturated carbocycles. The molecule has 0 bridgehead atoms. The Balaban J connectivity index is 2.22. The molecule has 1 heterocycles. The first-order chi connectivity index (χ1) is 9.56. The van der Waals surface area contributed by atoms with Gasteiger partial charge in [0.25, 0.3) is 5.56 Å². The van der Waals surface area contributed by atoms with E-state index in [2.05, 4.69) is 5.10 Å². The van der Waals surface area contributed by atoms with Gasteiger partial charge in [0.15, 0.2) is 11.6 Å². The van der Waals surface area contributed by atoms with Crippen LogP contribution in [0.1, 0.15) is 28.9 Å². The second kappa shape index (κ2) is 4.63. The molecule has 1 aliphatic carbocycles. The number of halogens is 2. The van der Waals surface area contributed by atoms with Crippen LogP contribution < -0.4 is 5.56 Å². The SMILES string of the molecule is O=C1CCCc2cc(=O)n(-c3ccc(F)cc3F)nc21. The summed E-state index contributed by atoms with van der Waals surface area (Å²) in [5.41, 5.74) is 0.0751. The molecule has 1 aliphatic rings. The lowest BCUT2D eigenvalue weighted by molar-refractivity contribution is 0.0965. The maximum absolute atomic E-state index is 13.7. The lowest BCUT2D eigenvalue weighted by Gasteiger charge is -2.15. The van der Waals surface area contributed by atoms with E-state index in [1.54, 1.807) is 0 Å². The normalized spacial score (nSPS) is 14.2. The molecule has 20 heavy (non-hydrogen) atoms. The van der Waals surface area contributed by atoms with Gasteiger partial charge in [-0.2, -0.15) is 9.78 Å². The number of benzene rings is 1. The van der Waals surface area contributed by atoms with Gasteiger partial charge in [0.2, 0.25) is 0 Å². The van der Waals surface area contributed by atoms with Gasteiger partial charge in [-0.25, -0.2) is 8.78 Å². The van der Waals surface area contributed by atoms with E-state index in [-0.39, 0.29) is 17.2 Å². The lowest BCUT2D eigenvalue weighted by Crippen LogP contribution is -2.27. The summed E-state index contributed by atoms with van der Waals surface area (Å²) in [5, 5.41) is 3.95. The summed E-state index contributed by atoms with van der Waals surface area (Å²) in [6.07, 6.45) is 1.65. The van der Waals surface area contributed by atoms with Gasteiger partial charge < -0.3 is 0 Å². The topological polar surface area (TPSA) is 52.0 Å². The molecule has 0 amide bonds. The van der Waals surface area contributed by atoms with Crippen LogP contribution in [-0.4, -0.2) is 15.6 Å². The van der Waals surface area contributed by atoms with E-state index >= 15 is 0 Å². The Kier molecular flexibility index (Phi) is 2.93. The summed E-state index contributed by atoms with van der Waals surface area (Å²) in [5.74, 6) is -1.81. The first-order valence-electron chi connectivity index (χ1n) is 6.18. The summed E-state index contributed by atoms with van der Waals surface area (Å²) >= 11 is 0. The minimum Gasteiger partial charge on any atom is -0.292 e. The van der Waals surface area contributed by atoms with Gasteiger partial charge in [0, 0.05) is 18.6 Å². The molecule has 0 atom stereocenters. The van der Waals surface area contributed by atoms with E-state index < -0.39 is 17.2 Å². The Morgan fingerprint density at radius 1 is 1.10 bits per heavy atom. The molecular weight excluding hydrogens is 266 g/mol. The van der Waals surface area contributed by atoms with Crippen LogP contribution in [0.25, 0.3) is 5.69 Å². The fourth-order valence-electron chi connectivity index (χ4n) is 2.30. The fourth-order valence-corrected chi connectivity index (χ4v) is 2.30. The van der Waals surface area contributed by atoms with Gasteiger partial charge in [-0.05, 0) is 30.5 Å². The quantitative estimate of drug-likeness (QED) is 0.800. The van der Waals surface area contributed by atoms with Crippen LogP contribution in [0.3, 0.4) is 0 Å². The van der Waals surface area contributed by atoms with Crippen molar-refractivity contribution in [2.75, 3.05) is 0 Å². The molecule has 0 unspecified atom stereocenters. The van der Waals surface area contributed by atoms with Crippen molar-refractivity contribution < 1.29 is 13.6 Å². The smallest absolute Gasteiger partial charge is 0.271 e. The van der Waals surface area contributed by atoms with E-state index in [1.165, 1.54) is 6.07 Å². The van der Waals surface area contributed by atoms with Crippen molar-refractivity contribution in [1.29, 1.82) is 0 Å². The zero-order chi connectivity index (χ0) is 14.3. The number of ketones is 1. The summed E-state index contributed by atoms with van der Waals surface area (Å²) in [6.45, 7) is 0. The number of aromatic nitrogens is 2. The van der Waals surface area contributed by atoms with Crippen molar-refractivity contribution in [3.05, 3.63) is 57.5 Å². The molecule has 0 N–H and O–H groups in total. The number of fused-ring (bicyclic) bond motifs is 1. The molecule has 4 nitrogen and oxygen atoms in total. The van der Waals surface area contributed by atoms with Crippen LogP contribution >= 0.6 is 0 Å². The molecule has 0 fully saturated rings. The third-order valence-corrected chi connectivity index (χ3v) is 3.26. The van der Waals surface area contributed by atoms with E-state index in [9.17, 15) is 18.4 Å². The Hall–Kier alpha value is -2.37. The highest BCUT2D eigenvalue weighted by Crippen LogP contribution is 2.19. The van der Waals surface area contributed by atoms with Gasteiger partial charge in [0.05, 0.1) is 0 Å². The average molecular weight is 276 g/mol. The van der Waals surface area contributed by atoms with Crippen molar-refractivity contribution in [2.45, 2.75) is 19.3 Å². The van der Waals surface area contributed by atoms with Crippen LogP contribution in [-0.2, 0) is 6.42 Å². The minimum absolute atomic E-state index is 0.164. The molecule has 3 rings (SSSR count). The Morgan fingerprint density at radius 3 is 2.65 bits per heavy atom. The molecule has 0 aliphatic heterocycles. The predicted molar refractivity (Wildman–Crippen MR) is 67.0 cm³/mol. The number of hydrogen-bond acceptors (Lipinski definition) is 3. The molecule has 0 saturated heterocycles. The van der Waals surface area contributed by atoms with Crippen molar-refractivity contribution in [2.24, 2.45) is 0 Å². The van der Waals surface area contributed by atoms with E-state index in [0.29, 0.717) is 30.9 Å². The Morgan fingerprint density at radius 2 is 1.90 bits per heavy atom. The van der Waals surface area contributed by atoms with Gasteiger partial charge in [-0.1, -0.05) is 0 Å². The molecule has 1 aromatic carbocycles. The van der Waals surface area contributed by atoms with Gasteiger partial charge >= 0.3 is 0 Å². The first-order valence-corrected chi connectivity index (χ1v) is 6.18. The predicted octanol–water partition coefficient (Wildman–Crippen LogP) is 2.03. The van der Waals surface area contributed by atoms with Gasteiger partial charge in [-0.3, -0.25) is 9.59 Å². The number of nitrogens with zero attached hydrogens (tertiary/aromatic N) is 2. The maximum atomic E-state index is 13.7. The van der Waals surface area contributed by atoms with Crippen LogP contribution in [0.15, 0.2) is 29.1 Å². The zero-order valence-electron chi connectivity index (χ0n) is 10.4. The van der Waals surface area contributed by atoms with Crippen molar-refractivity contribution >= 4 is 5.78 Å². The van der Waals surface area contributed by atoms with Crippen LogP contribution in [0.2, 0.25) is 0 Å². The second-order valence-electron chi connectivity index (χ2n) is 4.64. The number of Topliss-reactive ketones (excluding diaryl/α,β-unsaturated/α-hetero) is 1. The molecule has 1 aromatic heterocycles. The first kappa shape index (κ1) is 12.7. The molecule has 0 radical (unpaired) electrons. The summed E-state index contributed by atoms with van der Waals surface area (Å²) < 4.78 is 27.4. The van der Waals surface area contributed by atoms with Crippen molar-refractivity contribution in [1.82, 2.24) is 9.78 Å². The molecule has 102 valence electrons. The largest absolute Gasteiger partial charge is 0.292 e. The summed E-state index contributed by atoms with van der Waals surface area (Å²) in [7, 11) is 0. The third-order valence-electron chi connectivity index (χ3n) is 3.26. The Labute approximate surface area is 112 Å². The monoisotopic (exact) mass is 276 g/mol. The number of aryl methyl sites for hydroxylation is 1. The zero-order valence-corrected chi connectivity index (χ0v) is 10.4. The molecular formula is C14H10F2N2O2. The Bertz CT molecular complexity index is 768. The number of rotatable bonds is 1. The lowest BCUT2D eigenvalue weighted by atomic mass is 9.96. The van der Waals surface area contributed by atoms with Crippen molar-refractivity contribution in [3.8, 4) is 5.69 Å². The second-order valence-corrected chi connectivity index (χ2v) is 4.64. The van der Waals surface area contributed by atoms with E-state index in [0.717, 1.165) is 16.8 Å².